The number of nitrogens with zero attached hydrogens (tertiary/aromatic N) is 2. The van der Waals surface area contributed by atoms with E-state index in [1.165, 1.54) is 13.2 Å². The Morgan fingerprint density at radius 2 is 1.93 bits per heavy atom. The van der Waals surface area contributed by atoms with Crippen molar-refractivity contribution in [3.8, 4) is 11.5 Å². The summed E-state index contributed by atoms with van der Waals surface area (Å²) >= 11 is 0. The minimum Gasteiger partial charge on any atom is -0.502 e. The Balaban J connectivity index is 1.67. The van der Waals surface area contributed by atoms with Gasteiger partial charge >= 0.3 is 5.69 Å². The van der Waals surface area contributed by atoms with E-state index in [0.29, 0.717) is 0 Å². The Morgan fingerprint density at radius 3 is 2.63 bits per heavy atom. The van der Waals surface area contributed by atoms with Crippen LogP contribution in [-0.4, -0.2) is 35.3 Å². The molecular weight excluding hydrogens is 388 g/mol. The van der Waals surface area contributed by atoms with Crippen LogP contribution in [0.1, 0.15) is 12.5 Å². The molecule has 0 unspecified atom stereocenters. The molecule has 0 bridgehead atoms. The molecule has 0 saturated carbocycles. The lowest BCUT2D eigenvalue weighted by molar-refractivity contribution is -0.385. The third-order valence-corrected chi connectivity index (χ3v) is 4.43. The first-order chi connectivity index (χ1) is 14.4. The van der Waals surface area contributed by atoms with E-state index in [1.807, 2.05) is 42.5 Å². The average molecular weight is 408 g/mol. The number of aromatic hydroxyl groups is 1. The van der Waals surface area contributed by atoms with Crippen LogP contribution >= 0.6 is 0 Å². The van der Waals surface area contributed by atoms with Crippen LogP contribution in [0.25, 0.3) is 10.8 Å². The van der Waals surface area contributed by atoms with E-state index in [9.17, 15) is 20.0 Å². The highest BCUT2D eigenvalue weighted by atomic mass is 16.6. The second-order valence-corrected chi connectivity index (χ2v) is 6.50. The maximum Gasteiger partial charge on any atom is 0.315 e. The van der Waals surface area contributed by atoms with Crippen LogP contribution in [0.4, 0.5) is 11.4 Å². The Labute approximate surface area is 172 Å². The zero-order chi connectivity index (χ0) is 21.7. The van der Waals surface area contributed by atoms with E-state index in [2.05, 4.69) is 15.8 Å². The molecule has 9 heteroatoms. The van der Waals surface area contributed by atoms with Crippen LogP contribution in [0.5, 0.6) is 11.5 Å². The molecule has 3 rings (SSSR count). The van der Waals surface area contributed by atoms with Gasteiger partial charge in [0.1, 0.15) is 11.8 Å². The van der Waals surface area contributed by atoms with Gasteiger partial charge in [0.25, 0.3) is 5.91 Å². The van der Waals surface area contributed by atoms with Crippen molar-refractivity contribution in [1.29, 1.82) is 0 Å². The van der Waals surface area contributed by atoms with Crippen molar-refractivity contribution in [3.63, 3.8) is 0 Å². The summed E-state index contributed by atoms with van der Waals surface area (Å²) < 4.78 is 4.99. The van der Waals surface area contributed by atoms with Gasteiger partial charge in [-0.3, -0.25) is 14.9 Å². The maximum absolute atomic E-state index is 12.3. The van der Waals surface area contributed by atoms with Crippen molar-refractivity contribution in [3.05, 3.63) is 70.3 Å². The highest BCUT2D eigenvalue weighted by molar-refractivity contribution is 5.90. The SMILES string of the molecule is COc1cc(/C=N/NC(=O)[C@H](C)Nc2ccc3ccccc3c2)c(O)c([N+](=O)[O-])c1. The van der Waals surface area contributed by atoms with E-state index in [-0.39, 0.29) is 11.3 Å². The highest BCUT2D eigenvalue weighted by Gasteiger charge is 2.19. The first kappa shape index (κ1) is 20.6. The van der Waals surface area contributed by atoms with Crippen molar-refractivity contribution in [1.82, 2.24) is 5.43 Å². The number of hydrogen-bond acceptors (Lipinski definition) is 7. The van der Waals surface area contributed by atoms with E-state index < -0.39 is 28.3 Å². The van der Waals surface area contributed by atoms with Crippen LogP contribution in [0, 0.1) is 10.1 Å². The van der Waals surface area contributed by atoms with Gasteiger partial charge in [0.15, 0.2) is 0 Å². The van der Waals surface area contributed by atoms with Crippen LogP contribution in [0.15, 0.2) is 59.7 Å². The molecule has 0 radical (unpaired) electrons. The van der Waals surface area contributed by atoms with Crippen molar-refractivity contribution < 1.29 is 19.6 Å². The molecule has 0 aliphatic rings. The highest BCUT2D eigenvalue weighted by Crippen LogP contribution is 2.33. The fraction of sp³-hybridized carbons (Fsp3) is 0.143. The molecule has 0 aromatic heterocycles. The van der Waals surface area contributed by atoms with Crippen molar-refractivity contribution in [2.45, 2.75) is 13.0 Å². The molecule has 0 saturated heterocycles. The van der Waals surface area contributed by atoms with Gasteiger partial charge in [-0.2, -0.15) is 5.10 Å². The van der Waals surface area contributed by atoms with Gasteiger partial charge in [-0.15, -0.1) is 0 Å². The molecule has 1 amide bonds. The summed E-state index contributed by atoms with van der Waals surface area (Å²) in [5.41, 5.74) is 2.65. The lowest BCUT2D eigenvalue weighted by atomic mass is 10.1. The lowest BCUT2D eigenvalue weighted by Gasteiger charge is -2.14. The number of nitro groups is 1. The first-order valence-electron chi connectivity index (χ1n) is 9.02. The number of anilines is 1. The quantitative estimate of drug-likeness (QED) is 0.312. The molecule has 0 aliphatic heterocycles. The number of phenolic OH excluding ortho intramolecular Hbond substituents is 1. The molecule has 3 N–H and O–H groups in total. The maximum atomic E-state index is 12.3. The zero-order valence-electron chi connectivity index (χ0n) is 16.3. The standard InChI is InChI=1S/C21H20N4O5/c1-13(23-17-8-7-14-5-3-4-6-15(14)9-17)21(27)24-22-12-16-10-18(30-2)11-19(20(16)26)25(28)29/h3-13,23,26H,1-2H3,(H,24,27)/b22-12+/t13-/m0/s1. The monoisotopic (exact) mass is 408 g/mol. The van der Waals surface area contributed by atoms with Gasteiger partial charge in [-0.25, -0.2) is 5.43 Å². The van der Waals surface area contributed by atoms with Crippen LogP contribution in [0.3, 0.4) is 0 Å². The third kappa shape index (κ3) is 4.64. The number of ether oxygens (including phenoxy) is 1. The van der Waals surface area contributed by atoms with Gasteiger partial charge in [0.2, 0.25) is 5.75 Å². The minimum atomic E-state index is -0.733. The number of carbonyl (C=O) groups excluding carboxylic acids is 1. The normalized spacial score (nSPS) is 11.9. The number of nitro benzene ring substituents is 1. The summed E-state index contributed by atoms with van der Waals surface area (Å²) in [5, 5.41) is 30.1. The molecular formula is C21H20N4O5. The molecule has 0 heterocycles. The zero-order valence-corrected chi connectivity index (χ0v) is 16.3. The smallest absolute Gasteiger partial charge is 0.315 e. The fourth-order valence-electron chi connectivity index (χ4n) is 2.83. The predicted octanol–water partition coefficient (Wildman–Crippen LogP) is 3.41. The predicted molar refractivity (Wildman–Crippen MR) is 114 cm³/mol. The summed E-state index contributed by atoms with van der Waals surface area (Å²) in [4.78, 5) is 22.6. The number of amides is 1. The molecule has 1 atom stereocenters. The van der Waals surface area contributed by atoms with Gasteiger partial charge in [0.05, 0.1) is 24.3 Å². The topological polar surface area (TPSA) is 126 Å². The number of rotatable bonds is 7. The summed E-state index contributed by atoms with van der Waals surface area (Å²) in [5.74, 6) is -0.809. The Hall–Kier alpha value is -4.14. The van der Waals surface area contributed by atoms with E-state index in [0.717, 1.165) is 28.7 Å². The van der Waals surface area contributed by atoms with E-state index in [4.69, 9.17) is 4.74 Å². The number of phenols is 1. The Bertz CT molecular complexity index is 1130. The van der Waals surface area contributed by atoms with Gasteiger partial charge in [0, 0.05) is 11.3 Å². The number of hydrogen-bond donors (Lipinski definition) is 3. The molecule has 3 aromatic rings. The van der Waals surface area contributed by atoms with Crippen molar-refractivity contribution in [2.75, 3.05) is 12.4 Å². The number of nitrogens with one attached hydrogen (secondary N) is 2. The lowest BCUT2D eigenvalue weighted by Crippen LogP contribution is -2.34. The average Bonchev–Trinajstić information content (AvgIpc) is 2.74. The number of methoxy groups -OCH3 is 1. The summed E-state index contributed by atoms with van der Waals surface area (Å²) in [6.45, 7) is 1.67. The largest absolute Gasteiger partial charge is 0.502 e. The van der Waals surface area contributed by atoms with Crippen LogP contribution in [0.2, 0.25) is 0 Å². The molecule has 0 fully saturated rings. The van der Waals surface area contributed by atoms with E-state index in [1.54, 1.807) is 6.92 Å². The molecule has 0 aliphatic carbocycles. The Kier molecular flexibility index (Phi) is 6.11. The summed E-state index contributed by atoms with van der Waals surface area (Å²) in [6.07, 6.45) is 1.12. The van der Waals surface area contributed by atoms with Crippen molar-refractivity contribution >= 4 is 34.3 Å². The van der Waals surface area contributed by atoms with E-state index >= 15 is 0 Å². The number of hydrazone groups is 1. The molecule has 30 heavy (non-hydrogen) atoms. The first-order valence-corrected chi connectivity index (χ1v) is 9.02. The molecule has 0 spiro atoms. The molecule has 3 aromatic carbocycles. The van der Waals surface area contributed by atoms with Gasteiger partial charge in [-0.05, 0) is 35.9 Å². The third-order valence-electron chi connectivity index (χ3n) is 4.43. The second-order valence-electron chi connectivity index (χ2n) is 6.50. The number of fused-ring (bicyclic) bond motifs is 1. The minimum absolute atomic E-state index is 0.0384. The fourth-order valence-corrected chi connectivity index (χ4v) is 2.83. The second kappa shape index (κ2) is 8.91. The Morgan fingerprint density at radius 1 is 1.20 bits per heavy atom. The van der Waals surface area contributed by atoms with Crippen LogP contribution in [-0.2, 0) is 4.79 Å². The number of benzene rings is 3. The summed E-state index contributed by atoms with van der Waals surface area (Å²) in [7, 11) is 1.35. The number of carbonyl (C=O) groups is 1. The summed E-state index contributed by atoms with van der Waals surface area (Å²) in [6, 6.07) is 15.5. The molecule has 9 nitrogen and oxygen atoms in total. The van der Waals surface area contributed by atoms with Crippen molar-refractivity contribution in [2.24, 2.45) is 5.10 Å². The van der Waals surface area contributed by atoms with Gasteiger partial charge in [-0.1, -0.05) is 30.3 Å². The molecule has 154 valence electrons. The van der Waals surface area contributed by atoms with Crippen LogP contribution < -0.4 is 15.5 Å². The van der Waals surface area contributed by atoms with Gasteiger partial charge < -0.3 is 15.2 Å².